The van der Waals surface area contributed by atoms with Crippen molar-refractivity contribution in [3.8, 4) is 0 Å². The van der Waals surface area contributed by atoms with Gasteiger partial charge in [-0.25, -0.2) is 13.4 Å². The molecule has 0 spiro atoms. The molecule has 0 bridgehead atoms. The highest BCUT2D eigenvalue weighted by atomic mass is 35.5. The normalized spacial score (nSPS) is 14.9. The Morgan fingerprint density at radius 3 is 2.58 bits per heavy atom. The van der Waals surface area contributed by atoms with Crippen LogP contribution in [0, 0.1) is 0 Å². The number of hydrogen-bond donors (Lipinski definition) is 1. The topological polar surface area (TPSA) is 79.4 Å². The second-order valence-corrected chi connectivity index (χ2v) is 7.64. The monoisotopic (exact) mass is 385 g/mol. The molecule has 1 fully saturated rings. The van der Waals surface area contributed by atoms with E-state index in [1.165, 1.54) is 30.5 Å². The highest BCUT2D eigenvalue weighted by molar-refractivity contribution is 7.92. The van der Waals surface area contributed by atoms with Gasteiger partial charge in [-0.2, -0.15) is 0 Å². The van der Waals surface area contributed by atoms with Crippen LogP contribution in [0.15, 0.2) is 41.4 Å². The summed E-state index contributed by atoms with van der Waals surface area (Å²) in [6.45, 7) is 0.643. The number of hydrogen-bond acceptors (Lipinski definition) is 4. The lowest BCUT2D eigenvalue weighted by Gasteiger charge is -2.15. The van der Waals surface area contributed by atoms with E-state index in [-0.39, 0.29) is 26.7 Å². The quantitative estimate of drug-likeness (QED) is 0.875. The minimum Gasteiger partial charge on any atom is -0.311 e. The number of benzene rings is 1. The van der Waals surface area contributed by atoms with Crippen LogP contribution in [0.2, 0.25) is 10.0 Å². The number of nitrogens with one attached hydrogen (secondary N) is 1. The van der Waals surface area contributed by atoms with Gasteiger partial charge in [0.05, 0.1) is 21.9 Å². The number of sulfonamides is 1. The molecule has 0 saturated carbocycles. The lowest BCUT2D eigenvalue weighted by molar-refractivity contribution is -0.117. The summed E-state index contributed by atoms with van der Waals surface area (Å²) in [5.74, 6) is 0.164. The van der Waals surface area contributed by atoms with Gasteiger partial charge in [0.15, 0.2) is 0 Å². The highest BCUT2D eigenvalue weighted by Crippen LogP contribution is 2.30. The van der Waals surface area contributed by atoms with E-state index in [9.17, 15) is 13.2 Å². The summed E-state index contributed by atoms with van der Waals surface area (Å²) in [4.78, 5) is 17.3. The van der Waals surface area contributed by atoms with E-state index in [2.05, 4.69) is 9.71 Å². The summed E-state index contributed by atoms with van der Waals surface area (Å²) in [5, 5.41) is 0.0985. The Bertz CT molecular complexity index is 885. The standard InChI is InChI=1S/C15H13Cl2N3O3S/c16-11-3-1-4-12(15(11)17)24(22,23)19-13-7-6-10(9-18-13)20-8-2-5-14(20)21/h1,3-4,6-7,9H,2,5,8H2,(H,18,19). The average molecular weight is 386 g/mol. The molecule has 1 aromatic heterocycles. The Balaban J connectivity index is 1.83. The fourth-order valence-corrected chi connectivity index (χ4v) is 4.18. The van der Waals surface area contributed by atoms with E-state index in [0.717, 1.165) is 6.42 Å². The molecule has 3 rings (SSSR count). The first kappa shape index (κ1) is 17.0. The lowest BCUT2D eigenvalue weighted by Crippen LogP contribution is -2.23. The Morgan fingerprint density at radius 1 is 1.17 bits per heavy atom. The van der Waals surface area contributed by atoms with Crippen LogP contribution in [0.1, 0.15) is 12.8 Å². The molecule has 0 aliphatic carbocycles. The van der Waals surface area contributed by atoms with Crippen molar-refractivity contribution in [1.82, 2.24) is 4.98 Å². The van der Waals surface area contributed by atoms with Crippen LogP contribution in [-0.4, -0.2) is 25.9 Å². The smallest absolute Gasteiger partial charge is 0.264 e. The Labute approximate surface area is 149 Å². The van der Waals surface area contributed by atoms with E-state index < -0.39 is 10.0 Å². The maximum absolute atomic E-state index is 12.4. The van der Waals surface area contributed by atoms with Crippen molar-refractivity contribution in [3.05, 3.63) is 46.6 Å². The van der Waals surface area contributed by atoms with Crippen LogP contribution < -0.4 is 9.62 Å². The Hall–Kier alpha value is -1.83. The van der Waals surface area contributed by atoms with E-state index in [1.807, 2.05) is 0 Å². The number of halogens is 2. The first-order valence-electron chi connectivity index (χ1n) is 7.12. The highest BCUT2D eigenvalue weighted by Gasteiger charge is 2.23. The average Bonchev–Trinajstić information content (AvgIpc) is 2.96. The summed E-state index contributed by atoms with van der Waals surface area (Å²) < 4.78 is 27.2. The molecule has 0 atom stereocenters. The zero-order chi connectivity index (χ0) is 17.3. The summed E-state index contributed by atoms with van der Waals surface area (Å²) in [6.07, 6.45) is 2.78. The second kappa shape index (κ2) is 6.58. The van der Waals surface area contributed by atoms with Crippen LogP contribution in [0.25, 0.3) is 0 Å². The van der Waals surface area contributed by atoms with Crippen molar-refractivity contribution in [1.29, 1.82) is 0 Å². The van der Waals surface area contributed by atoms with Gasteiger partial charge in [-0.15, -0.1) is 0 Å². The van der Waals surface area contributed by atoms with Crippen LogP contribution in [0.3, 0.4) is 0 Å². The van der Waals surface area contributed by atoms with Crippen molar-refractivity contribution in [2.24, 2.45) is 0 Å². The van der Waals surface area contributed by atoms with Crippen LogP contribution in [-0.2, 0) is 14.8 Å². The zero-order valence-corrected chi connectivity index (χ0v) is 14.7. The third-order valence-electron chi connectivity index (χ3n) is 3.58. The Kier molecular flexibility index (Phi) is 4.67. The van der Waals surface area contributed by atoms with Gasteiger partial charge in [-0.05, 0) is 30.7 Å². The molecule has 2 heterocycles. The molecule has 6 nitrogen and oxygen atoms in total. The molecule has 1 amide bonds. The molecular weight excluding hydrogens is 373 g/mol. The van der Waals surface area contributed by atoms with Gasteiger partial charge in [0.25, 0.3) is 10.0 Å². The van der Waals surface area contributed by atoms with Crippen molar-refractivity contribution in [3.63, 3.8) is 0 Å². The summed E-state index contributed by atoms with van der Waals surface area (Å²) in [7, 11) is -3.92. The minimum atomic E-state index is -3.92. The van der Waals surface area contributed by atoms with Gasteiger partial charge >= 0.3 is 0 Å². The number of carbonyl (C=O) groups is 1. The van der Waals surface area contributed by atoms with E-state index in [1.54, 1.807) is 11.0 Å². The number of carbonyl (C=O) groups excluding carboxylic acids is 1. The predicted molar refractivity (Wildman–Crippen MR) is 93.1 cm³/mol. The second-order valence-electron chi connectivity index (χ2n) is 5.21. The van der Waals surface area contributed by atoms with Gasteiger partial charge in [-0.3, -0.25) is 9.52 Å². The largest absolute Gasteiger partial charge is 0.311 e. The number of amides is 1. The summed E-state index contributed by atoms with van der Waals surface area (Å²) in [6, 6.07) is 7.50. The van der Waals surface area contributed by atoms with E-state index in [4.69, 9.17) is 23.2 Å². The van der Waals surface area contributed by atoms with Crippen molar-refractivity contribution in [2.75, 3.05) is 16.2 Å². The van der Waals surface area contributed by atoms with E-state index in [0.29, 0.717) is 18.7 Å². The first-order chi connectivity index (χ1) is 11.4. The lowest BCUT2D eigenvalue weighted by atomic mass is 10.3. The van der Waals surface area contributed by atoms with Gasteiger partial charge in [0.1, 0.15) is 10.7 Å². The minimum absolute atomic E-state index is 0.0378. The molecule has 126 valence electrons. The first-order valence-corrected chi connectivity index (χ1v) is 9.35. The molecule has 1 aromatic carbocycles. The van der Waals surface area contributed by atoms with Gasteiger partial charge in [0.2, 0.25) is 5.91 Å². The molecule has 0 radical (unpaired) electrons. The number of anilines is 2. The van der Waals surface area contributed by atoms with Crippen molar-refractivity contribution < 1.29 is 13.2 Å². The number of rotatable bonds is 4. The molecule has 1 N–H and O–H groups in total. The van der Waals surface area contributed by atoms with Crippen LogP contribution in [0.5, 0.6) is 0 Å². The molecule has 9 heteroatoms. The van der Waals surface area contributed by atoms with Crippen molar-refractivity contribution in [2.45, 2.75) is 17.7 Å². The van der Waals surface area contributed by atoms with Gasteiger partial charge in [-0.1, -0.05) is 29.3 Å². The van der Waals surface area contributed by atoms with Crippen LogP contribution in [0.4, 0.5) is 11.5 Å². The third kappa shape index (κ3) is 3.33. The summed E-state index contributed by atoms with van der Waals surface area (Å²) >= 11 is 11.8. The van der Waals surface area contributed by atoms with Gasteiger partial charge in [0, 0.05) is 13.0 Å². The fourth-order valence-electron chi connectivity index (χ4n) is 2.41. The molecule has 0 unspecified atom stereocenters. The maximum atomic E-state index is 12.4. The van der Waals surface area contributed by atoms with Gasteiger partial charge < -0.3 is 4.90 Å². The molecule has 1 aliphatic rings. The summed E-state index contributed by atoms with van der Waals surface area (Å²) in [5.41, 5.74) is 0.640. The number of pyridine rings is 1. The predicted octanol–water partition coefficient (Wildman–Crippen LogP) is 3.32. The zero-order valence-electron chi connectivity index (χ0n) is 12.4. The third-order valence-corrected chi connectivity index (χ3v) is 5.91. The van der Waals surface area contributed by atoms with E-state index >= 15 is 0 Å². The molecule has 1 aliphatic heterocycles. The maximum Gasteiger partial charge on any atom is 0.264 e. The molecule has 2 aromatic rings. The molecule has 24 heavy (non-hydrogen) atoms. The SMILES string of the molecule is O=C1CCCN1c1ccc(NS(=O)(=O)c2cccc(Cl)c2Cl)nc1. The van der Waals surface area contributed by atoms with Crippen LogP contribution >= 0.6 is 23.2 Å². The Morgan fingerprint density at radius 2 is 1.96 bits per heavy atom. The molecule has 1 saturated heterocycles. The number of nitrogens with zero attached hydrogens (tertiary/aromatic N) is 2. The fraction of sp³-hybridized carbons (Fsp3) is 0.200. The van der Waals surface area contributed by atoms with Crippen molar-refractivity contribution >= 4 is 50.6 Å². The molecular formula is C15H13Cl2N3O3S. The number of aromatic nitrogens is 1.